The average Bonchev–Trinajstić information content (AvgIpc) is 3.50. The molecule has 3 heterocycles. The van der Waals surface area contributed by atoms with Gasteiger partial charge in [0.25, 0.3) is 5.91 Å². The summed E-state index contributed by atoms with van der Waals surface area (Å²) in [6, 6.07) is 8.71. The second-order valence-electron chi connectivity index (χ2n) is 8.68. The Morgan fingerprint density at radius 2 is 1.88 bits per heavy atom. The Balaban J connectivity index is 1.24. The molecule has 0 saturated carbocycles. The van der Waals surface area contributed by atoms with Crippen LogP contribution in [-0.4, -0.2) is 58.8 Å². The summed E-state index contributed by atoms with van der Waals surface area (Å²) in [5.74, 6) is -0.0258. The first kappa shape index (κ1) is 23.7. The number of likely N-dealkylation sites (tertiary alicyclic amines) is 2. The molecule has 2 saturated heterocycles. The summed E-state index contributed by atoms with van der Waals surface area (Å²) in [7, 11) is 0. The molecule has 1 unspecified atom stereocenters. The fraction of sp³-hybridized carbons (Fsp3) is 0.478. The zero-order chi connectivity index (χ0) is 23.4. The van der Waals surface area contributed by atoms with Gasteiger partial charge >= 0.3 is 5.00 Å². The molecule has 10 heteroatoms. The zero-order valence-electron chi connectivity index (χ0n) is 18.2. The molecule has 1 aromatic carbocycles. The maximum Gasteiger partial charge on any atom is 0.324 e. The van der Waals surface area contributed by atoms with Crippen molar-refractivity contribution in [2.75, 3.05) is 26.2 Å². The first-order valence-corrected chi connectivity index (χ1v) is 12.4. The van der Waals surface area contributed by atoms with Crippen LogP contribution in [0.2, 0.25) is 5.02 Å². The molecular formula is C23H27ClN4O4S. The highest BCUT2D eigenvalue weighted by Gasteiger charge is 2.35. The number of rotatable bonds is 7. The molecule has 33 heavy (non-hydrogen) atoms. The molecule has 8 nitrogen and oxygen atoms in total. The molecular weight excluding hydrogens is 464 g/mol. The second kappa shape index (κ2) is 10.6. The first-order valence-electron chi connectivity index (χ1n) is 11.2. The van der Waals surface area contributed by atoms with Crippen molar-refractivity contribution < 1.29 is 14.5 Å². The average molecular weight is 491 g/mol. The van der Waals surface area contributed by atoms with Crippen molar-refractivity contribution in [3.8, 4) is 0 Å². The van der Waals surface area contributed by atoms with Crippen LogP contribution in [0.25, 0.3) is 0 Å². The number of nitrogens with zero attached hydrogens (tertiary/aromatic N) is 3. The van der Waals surface area contributed by atoms with Gasteiger partial charge in [-0.05, 0) is 62.4 Å². The van der Waals surface area contributed by atoms with Crippen molar-refractivity contribution in [1.82, 2.24) is 15.1 Å². The fourth-order valence-electron chi connectivity index (χ4n) is 4.54. The van der Waals surface area contributed by atoms with Crippen molar-refractivity contribution in [2.24, 2.45) is 5.92 Å². The lowest BCUT2D eigenvalue weighted by molar-refractivity contribution is -0.380. The molecule has 176 valence electrons. The topological polar surface area (TPSA) is 95.8 Å². The quantitative estimate of drug-likeness (QED) is 0.468. The molecule has 0 spiro atoms. The van der Waals surface area contributed by atoms with E-state index in [2.05, 4.69) is 22.3 Å². The van der Waals surface area contributed by atoms with Gasteiger partial charge in [-0.2, -0.15) is 0 Å². The van der Waals surface area contributed by atoms with Gasteiger partial charge in [-0.25, -0.2) is 0 Å². The highest BCUT2D eigenvalue weighted by atomic mass is 35.5. The van der Waals surface area contributed by atoms with Gasteiger partial charge in [0.2, 0.25) is 5.91 Å². The number of hydrogen-bond donors (Lipinski definition) is 1. The monoisotopic (exact) mass is 490 g/mol. The highest BCUT2D eigenvalue weighted by molar-refractivity contribution is 7.13. The van der Waals surface area contributed by atoms with Crippen LogP contribution < -0.4 is 5.32 Å². The van der Waals surface area contributed by atoms with Crippen LogP contribution in [0.5, 0.6) is 0 Å². The van der Waals surface area contributed by atoms with E-state index in [9.17, 15) is 19.7 Å². The number of carbonyl (C=O) groups is 2. The number of amides is 2. The number of nitro groups is 1. The Bertz CT molecular complexity index is 1000. The van der Waals surface area contributed by atoms with E-state index in [1.54, 1.807) is 4.90 Å². The van der Waals surface area contributed by atoms with Crippen molar-refractivity contribution in [3.63, 3.8) is 0 Å². The molecule has 4 rings (SSSR count). The van der Waals surface area contributed by atoms with E-state index in [4.69, 9.17) is 11.6 Å². The number of hydrogen-bond acceptors (Lipinski definition) is 6. The summed E-state index contributed by atoms with van der Waals surface area (Å²) in [5.41, 5.74) is 1.52. The summed E-state index contributed by atoms with van der Waals surface area (Å²) in [5, 5.41) is 16.1. The molecule has 1 aromatic heterocycles. The number of nitrogens with one attached hydrogen (secondary N) is 1. The van der Waals surface area contributed by atoms with Gasteiger partial charge in [0.05, 0.1) is 10.5 Å². The maximum absolute atomic E-state index is 12.8. The van der Waals surface area contributed by atoms with Crippen molar-refractivity contribution in [3.05, 3.63) is 62.0 Å². The minimum Gasteiger partial charge on any atom is -0.354 e. The third-order valence-electron chi connectivity index (χ3n) is 6.42. The lowest BCUT2D eigenvalue weighted by Gasteiger charge is -2.32. The molecule has 2 aromatic rings. The largest absolute Gasteiger partial charge is 0.354 e. The Kier molecular flexibility index (Phi) is 7.62. The van der Waals surface area contributed by atoms with E-state index in [0.717, 1.165) is 55.3 Å². The highest BCUT2D eigenvalue weighted by Crippen LogP contribution is 2.27. The van der Waals surface area contributed by atoms with Gasteiger partial charge in [-0.3, -0.25) is 24.6 Å². The predicted octanol–water partition coefficient (Wildman–Crippen LogP) is 3.94. The van der Waals surface area contributed by atoms with Crippen molar-refractivity contribution in [2.45, 2.75) is 38.3 Å². The van der Waals surface area contributed by atoms with Crippen LogP contribution in [0.1, 0.15) is 41.6 Å². The Morgan fingerprint density at radius 1 is 1.15 bits per heavy atom. The van der Waals surface area contributed by atoms with E-state index in [0.29, 0.717) is 25.4 Å². The third kappa shape index (κ3) is 5.90. The molecule has 0 bridgehead atoms. The van der Waals surface area contributed by atoms with Gasteiger partial charge in [-0.15, -0.1) is 0 Å². The van der Waals surface area contributed by atoms with Gasteiger partial charge < -0.3 is 10.2 Å². The normalized spacial score (nSPS) is 19.5. The molecule has 1 atom stereocenters. The second-order valence-corrected chi connectivity index (χ2v) is 10.0. The van der Waals surface area contributed by atoms with Gasteiger partial charge in [0, 0.05) is 36.1 Å². The molecule has 2 aliphatic heterocycles. The van der Waals surface area contributed by atoms with Crippen LogP contribution >= 0.6 is 22.9 Å². The van der Waals surface area contributed by atoms with Gasteiger partial charge in [0.1, 0.15) is 6.04 Å². The van der Waals surface area contributed by atoms with E-state index >= 15 is 0 Å². The minimum atomic E-state index is -0.513. The molecule has 1 N–H and O–H groups in total. The SMILES string of the molecule is O=C(NCC1CCN(Cc2ccc(Cl)cc2)CC1)C1CCCN1C(=O)c1csc([N+](=O)[O-])c1. The van der Waals surface area contributed by atoms with Crippen molar-refractivity contribution in [1.29, 1.82) is 0 Å². The lowest BCUT2D eigenvalue weighted by Crippen LogP contribution is -2.47. The Labute approximate surface area is 201 Å². The number of carbonyl (C=O) groups excluding carboxylic acids is 2. The summed E-state index contributed by atoms with van der Waals surface area (Å²) >= 11 is 6.88. The zero-order valence-corrected chi connectivity index (χ0v) is 19.8. The van der Waals surface area contributed by atoms with E-state index < -0.39 is 11.0 Å². The van der Waals surface area contributed by atoms with Crippen LogP contribution in [0, 0.1) is 16.0 Å². The van der Waals surface area contributed by atoms with Crippen molar-refractivity contribution >= 4 is 39.8 Å². The summed E-state index contributed by atoms with van der Waals surface area (Å²) < 4.78 is 0. The van der Waals surface area contributed by atoms with Crippen LogP contribution in [-0.2, 0) is 11.3 Å². The molecule has 0 radical (unpaired) electrons. The van der Waals surface area contributed by atoms with Gasteiger partial charge in [0.15, 0.2) is 0 Å². The third-order valence-corrected chi connectivity index (χ3v) is 7.55. The van der Waals surface area contributed by atoms with Gasteiger partial charge in [-0.1, -0.05) is 35.1 Å². The summed E-state index contributed by atoms with van der Waals surface area (Å²) in [4.78, 5) is 40.0. The molecule has 0 aliphatic carbocycles. The van der Waals surface area contributed by atoms with E-state index in [1.165, 1.54) is 17.0 Å². The lowest BCUT2D eigenvalue weighted by atomic mass is 9.96. The smallest absolute Gasteiger partial charge is 0.324 e. The fourth-order valence-corrected chi connectivity index (χ4v) is 5.36. The number of piperidine rings is 1. The maximum atomic E-state index is 12.8. The summed E-state index contributed by atoms with van der Waals surface area (Å²) in [6.45, 7) is 3.96. The Hall–Kier alpha value is -2.49. The standard InChI is InChI=1S/C23H27ClN4O4S/c24-19-5-3-17(4-6-19)14-26-10-7-16(8-11-26)13-25-22(29)20-2-1-9-27(20)23(30)18-12-21(28(31)32)33-15-18/h3-6,12,15-16,20H,1-2,7-11,13-14H2,(H,25,29). The van der Waals surface area contributed by atoms with Crippen LogP contribution in [0.15, 0.2) is 35.7 Å². The number of halogens is 1. The minimum absolute atomic E-state index is 0.0686. The first-order chi connectivity index (χ1) is 15.9. The molecule has 2 amide bonds. The van der Waals surface area contributed by atoms with Crippen LogP contribution in [0.3, 0.4) is 0 Å². The molecule has 2 fully saturated rings. The van der Waals surface area contributed by atoms with E-state index in [-0.39, 0.29) is 22.4 Å². The number of thiophene rings is 1. The summed E-state index contributed by atoms with van der Waals surface area (Å²) in [6.07, 6.45) is 3.39. The number of benzene rings is 1. The van der Waals surface area contributed by atoms with Crippen LogP contribution in [0.4, 0.5) is 5.00 Å². The predicted molar refractivity (Wildman–Crippen MR) is 127 cm³/mol. The Morgan fingerprint density at radius 3 is 2.55 bits per heavy atom. The molecule has 2 aliphatic rings. The van der Waals surface area contributed by atoms with E-state index in [1.807, 2.05) is 12.1 Å².